The van der Waals surface area contributed by atoms with E-state index in [0.717, 1.165) is 18.3 Å². The number of methoxy groups -OCH3 is 1. The van der Waals surface area contributed by atoms with Gasteiger partial charge >= 0.3 is 18.3 Å². The van der Waals surface area contributed by atoms with E-state index in [1.807, 2.05) is 0 Å². The third-order valence-corrected chi connectivity index (χ3v) is 5.20. The number of fused-ring (bicyclic) bond motifs is 2. The van der Waals surface area contributed by atoms with Crippen LogP contribution in [0.4, 0.5) is 26.3 Å². The molecule has 2 aromatic heterocycles. The lowest BCUT2D eigenvalue weighted by molar-refractivity contribution is -0.137. The van der Waals surface area contributed by atoms with Crippen molar-refractivity contribution in [1.29, 1.82) is 0 Å². The number of para-hydroxylation sites is 2. The predicted molar refractivity (Wildman–Crippen MR) is 113 cm³/mol. The lowest BCUT2D eigenvalue weighted by Gasteiger charge is -2.10. The van der Waals surface area contributed by atoms with E-state index in [4.69, 9.17) is 0 Å². The largest absolute Gasteiger partial charge is 0.465 e. The summed E-state index contributed by atoms with van der Waals surface area (Å²) in [4.78, 5) is 18.9. The molecule has 33 heavy (non-hydrogen) atoms. The molecular formula is C22H13BrF6N2O2. The van der Waals surface area contributed by atoms with Crippen LogP contribution in [-0.4, -0.2) is 23.0 Å². The van der Waals surface area contributed by atoms with Gasteiger partial charge in [-0.2, -0.15) is 26.3 Å². The van der Waals surface area contributed by atoms with Crippen LogP contribution in [0.15, 0.2) is 65.4 Å². The van der Waals surface area contributed by atoms with Crippen molar-refractivity contribution < 1.29 is 35.9 Å². The molecule has 0 radical (unpaired) electrons. The second-order valence-corrected chi connectivity index (χ2v) is 7.40. The molecule has 4 nitrogen and oxygen atoms in total. The molecule has 4 aromatic rings. The van der Waals surface area contributed by atoms with Crippen LogP contribution in [0.5, 0.6) is 0 Å². The van der Waals surface area contributed by atoms with Gasteiger partial charge in [0.05, 0.1) is 34.8 Å². The monoisotopic (exact) mass is 530 g/mol. The highest BCUT2D eigenvalue weighted by Gasteiger charge is 2.34. The number of carbonyl (C=O) groups excluding carboxylic acids is 1. The van der Waals surface area contributed by atoms with Gasteiger partial charge in [-0.3, -0.25) is 9.97 Å². The van der Waals surface area contributed by atoms with Crippen LogP contribution in [0.1, 0.15) is 21.5 Å². The van der Waals surface area contributed by atoms with Crippen molar-refractivity contribution in [2.24, 2.45) is 0 Å². The molecule has 0 unspecified atom stereocenters. The second-order valence-electron chi connectivity index (χ2n) is 6.54. The molecule has 0 saturated carbocycles. The Labute approximate surface area is 191 Å². The first kappa shape index (κ1) is 24.4. The summed E-state index contributed by atoms with van der Waals surface area (Å²) >= 11 is 3.19. The Kier molecular flexibility index (Phi) is 6.92. The number of carbonyl (C=O) groups is 1. The molecule has 4 rings (SSSR count). The minimum absolute atomic E-state index is 0.0284. The zero-order chi connectivity index (χ0) is 24.4. The Morgan fingerprint density at radius 1 is 0.788 bits per heavy atom. The molecule has 0 amide bonds. The Morgan fingerprint density at radius 3 is 1.79 bits per heavy atom. The van der Waals surface area contributed by atoms with Gasteiger partial charge in [0.1, 0.15) is 0 Å². The summed E-state index contributed by atoms with van der Waals surface area (Å²) in [7, 11) is 1.17. The van der Waals surface area contributed by atoms with Gasteiger partial charge in [-0.1, -0.05) is 40.2 Å². The third kappa shape index (κ3) is 5.24. The molecule has 0 spiro atoms. The summed E-state index contributed by atoms with van der Waals surface area (Å²) in [6.07, 6.45) is -6.37. The summed E-state index contributed by atoms with van der Waals surface area (Å²) in [5.74, 6) is -0.693. The normalized spacial score (nSPS) is 11.8. The Hall–Kier alpha value is -3.21. The summed E-state index contributed by atoms with van der Waals surface area (Å²) in [6.45, 7) is 0. The maximum absolute atomic E-state index is 12.8. The topological polar surface area (TPSA) is 52.1 Å². The highest BCUT2D eigenvalue weighted by molar-refractivity contribution is 9.10. The smallest absolute Gasteiger partial charge is 0.418 e. The van der Waals surface area contributed by atoms with Gasteiger partial charge in [-0.15, -0.1) is 0 Å². The van der Waals surface area contributed by atoms with Crippen molar-refractivity contribution in [2.75, 3.05) is 7.11 Å². The average molecular weight is 531 g/mol. The number of benzene rings is 2. The van der Waals surface area contributed by atoms with Gasteiger partial charge in [-0.05, 0) is 24.3 Å². The van der Waals surface area contributed by atoms with Crippen molar-refractivity contribution in [3.8, 4) is 0 Å². The zero-order valence-corrected chi connectivity index (χ0v) is 18.2. The van der Waals surface area contributed by atoms with Crippen LogP contribution in [0.3, 0.4) is 0 Å². The van der Waals surface area contributed by atoms with Crippen molar-refractivity contribution in [1.82, 2.24) is 9.97 Å². The van der Waals surface area contributed by atoms with Gasteiger partial charge in [-0.25, -0.2) is 4.79 Å². The minimum Gasteiger partial charge on any atom is -0.465 e. The first-order chi connectivity index (χ1) is 15.4. The highest BCUT2D eigenvalue weighted by atomic mass is 79.9. The molecule has 0 bridgehead atoms. The number of rotatable bonds is 1. The highest BCUT2D eigenvalue weighted by Crippen LogP contribution is 2.36. The molecule has 11 heteroatoms. The number of hydrogen-bond donors (Lipinski definition) is 0. The van der Waals surface area contributed by atoms with Gasteiger partial charge in [0.2, 0.25) is 0 Å². The van der Waals surface area contributed by atoms with Crippen LogP contribution in [0, 0.1) is 0 Å². The van der Waals surface area contributed by atoms with E-state index in [0.29, 0.717) is 9.86 Å². The number of alkyl halides is 6. The maximum atomic E-state index is 12.8. The van der Waals surface area contributed by atoms with E-state index in [-0.39, 0.29) is 22.0 Å². The van der Waals surface area contributed by atoms with E-state index in [9.17, 15) is 31.1 Å². The lowest BCUT2D eigenvalue weighted by Crippen LogP contribution is -2.08. The van der Waals surface area contributed by atoms with Crippen molar-refractivity contribution in [3.63, 3.8) is 0 Å². The minimum atomic E-state index is -4.51. The van der Waals surface area contributed by atoms with Crippen LogP contribution < -0.4 is 0 Å². The first-order valence-electron chi connectivity index (χ1n) is 9.09. The van der Waals surface area contributed by atoms with Crippen molar-refractivity contribution in [3.05, 3.63) is 82.1 Å². The third-order valence-electron chi connectivity index (χ3n) is 4.50. The molecule has 0 fully saturated rings. The SMILES string of the molecule is COC(=O)c1ccnc2c(C(F)(F)F)cccc12.FC(F)(F)c1cccc2c(Br)ccnc12. The zero-order valence-electron chi connectivity index (χ0n) is 16.6. The maximum Gasteiger partial charge on any atom is 0.418 e. The number of nitrogens with zero attached hydrogens (tertiary/aromatic N) is 2. The number of hydrogen-bond acceptors (Lipinski definition) is 4. The van der Waals surface area contributed by atoms with E-state index in [2.05, 4.69) is 30.6 Å². The molecule has 2 heterocycles. The lowest BCUT2D eigenvalue weighted by atomic mass is 10.0. The van der Waals surface area contributed by atoms with Gasteiger partial charge in [0, 0.05) is 27.6 Å². The quantitative estimate of drug-likeness (QED) is 0.195. The number of halogens is 7. The fourth-order valence-electron chi connectivity index (χ4n) is 3.06. The molecule has 2 aromatic carbocycles. The van der Waals surface area contributed by atoms with E-state index < -0.39 is 29.4 Å². The van der Waals surface area contributed by atoms with Crippen LogP contribution in [0.25, 0.3) is 21.8 Å². The first-order valence-corrected chi connectivity index (χ1v) is 9.88. The Bertz CT molecular complexity index is 1320. The Morgan fingerprint density at radius 2 is 1.27 bits per heavy atom. The standard InChI is InChI=1S/C12H8F3NO2.C10H5BrF3N/c1-18-11(17)8-5-6-16-10-7(8)3-2-4-9(10)12(13,14)15;11-8-4-5-15-9-6(8)2-1-3-7(9)10(12,13)14/h2-6H,1H3;1-5H. The summed E-state index contributed by atoms with van der Waals surface area (Å²) in [6, 6.07) is 10.5. The van der Waals surface area contributed by atoms with Crippen LogP contribution in [-0.2, 0) is 17.1 Å². The molecule has 0 aliphatic rings. The molecule has 0 aliphatic carbocycles. The second kappa shape index (κ2) is 9.34. The van der Waals surface area contributed by atoms with Crippen LogP contribution in [0.2, 0.25) is 0 Å². The fraction of sp³-hybridized carbons (Fsp3) is 0.136. The van der Waals surface area contributed by atoms with Crippen molar-refractivity contribution >= 4 is 43.7 Å². The summed E-state index contributed by atoms with van der Waals surface area (Å²) in [5, 5.41) is 0.589. The number of pyridine rings is 2. The molecule has 0 aliphatic heterocycles. The molecular weight excluding hydrogens is 518 g/mol. The Balaban J connectivity index is 0.000000189. The van der Waals surface area contributed by atoms with Gasteiger partial charge in [0.15, 0.2) is 0 Å². The van der Waals surface area contributed by atoms with Gasteiger partial charge < -0.3 is 4.74 Å². The van der Waals surface area contributed by atoms with E-state index >= 15 is 0 Å². The van der Waals surface area contributed by atoms with Crippen molar-refractivity contribution in [2.45, 2.75) is 12.4 Å². The van der Waals surface area contributed by atoms with E-state index in [1.165, 1.54) is 37.6 Å². The number of aromatic nitrogens is 2. The van der Waals surface area contributed by atoms with Crippen LogP contribution >= 0.6 is 15.9 Å². The molecule has 0 N–H and O–H groups in total. The average Bonchev–Trinajstić information content (AvgIpc) is 2.77. The van der Waals surface area contributed by atoms with E-state index in [1.54, 1.807) is 12.1 Å². The summed E-state index contributed by atoms with van der Waals surface area (Å²) in [5.41, 5.74) is -1.80. The fourth-order valence-corrected chi connectivity index (χ4v) is 3.50. The molecule has 0 atom stereocenters. The predicted octanol–water partition coefficient (Wildman–Crippen LogP) is 7.06. The summed E-state index contributed by atoms with van der Waals surface area (Å²) < 4.78 is 81.2. The number of esters is 1. The number of ether oxygens (including phenoxy) is 1. The molecule has 172 valence electrons. The molecule has 0 saturated heterocycles. The van der Waals surface area contributed by atoms with Gasteiger partial charge in [0.25, 0.3) is 0 Å².